The van der Waals surface area contributed by atoms with Gasteiger partial charge in [0.2, 0.25) is 0 Å². The van der Waals surface area contributed by atoms with E-state index in [-0.39, 0.29) is 5.41 Å². The van der Waals surface area contributed by atoms with E-state index in [4.69, 9.17) is 0 Å². The third kappa shape index (κ3) is 5.46. The highest BCUT2D eigenvalue weighted by atomic mass is 32.1. The maximum absolute atomic E-state index is 4.57. The fourth-order valence-corrected chi connectivity index (χ4v) is 3.57. The van der Waals surface area contributed by atoms with E-state index in [1.165, 1.54) is 4.88 Å². The van der Waals surface area contributed by atoms with E-state index < -0.39 is 0 Å². The first-order valence-electron chi connectivity index (χ1n) is 9.18. The highest BCUT2D eigenvalue weighted by Gasteiger charge is 2.21. The first kappa shape index (κ1) is 20.2. The molecule has 26 heavy (non-hydrogen) atoms. The molecule has 2 heterocycles. The highest BCUT2D eigenvalue weighted by molar-refractivity contribution is 7.10. The quantitative estimate of drug-likeness (QED) is 0.548. The van der Waals surface area contributed by atoms with Gasteiger partial charge in [-0.2, -0.15) is 0 Å². The summed E-state index contributed by atoms with van der Waals surface area (Å²) in [6, 6.07) is 8.49. The van der Waals surface area contributed by atoms with Gasteiger partial charge in [0.15, 0.2) is 5.96 Å². The lowest BCUT2D eigenvalue weighted by molar-refractivity contribution is 0.518. The molecule has 0 aromatic carbocycles. The number of nitrogens with one attached hydrogen (secondary N) is 2. The van der Waals surface area contributed by atoms with Crippen LogP contribution >= 0.6 is 11.3 Å². The molecule has 2 aromatic rings. The first-order chi connectivity index (χ1) is 12.5. The fraction of sp³-hybridized carbons (Fsp3) is 0.500. The summed E-state index contributed by atoms with van der Waals surface area (Å²) in [5.74, 6) is 1.83. The topological polar surface area (TPSA) is 52.5 Å². The van der Waals surface area contributed by atoms with Crippen LogP contribution < -0.4 is 15.5 Å². The van der Waals surface area contributed by atoms with Crippen LogP contribution in [0.25, 0.3) is 0 Å². The maximum Gasteiger partial charge on any atom is 0.191 e. The van der Waals surface area contributed by atoms with Crippen molar-refractivity contribution in [3.8, 4) is 0 Å². The SMILES string of the molecule is CCN(CC)c1ccc(CNC(=NC)NCC(C)(C)c2cccs2)cn1. The molecule has 2 N–H and O–H groups in total. The Hall–Kier alpha value is -2.08. The number of aromatic nitrogens is 1. The molecular weight excluding hydrogens is 342 g/mol. The standard InChI is InChI=1S/C20H31N5S/c1-6-25(7-2)18-11-10-16(13-22-18)14-23-19(21-5)24-15-20(3,4)17-9-8-12-26-17/h8-13H,6-7,14-15H2,1-5H3,(H2,21,23,24). The molecule has 0 fully saturated rings. The zero-order valence-corrected chi connectivity index (χ0v) is 17.4. The molecule has 0 aliphatic carbocycles. The van der Waals surface area contributed by atoms with Crippen LogP contribution in [0.4, 0.5) is 5.82 Å². The van der Waals surface area contributed by atoms with Crippen LogP contribution in [0.1, 0.15) is 38.1 Å². The summed E-state index contributed by atoms with van der Waals surface area (Å²) >= 11 is 1.79. The van der Waals surface area contributed by atoms with Crippen molar-refractivity contribution in [1.82, 2.24) is 15.6 Å². The van der Waals surface area contributed by atoms with Crippen LogP contribution in [0.15, 0.2) is 40.8 Å². The Labute approximate surface area is 161 Å². The second kappa shape index (κ2) is 9.57. The molecule has 142 valence electrons. The minimum Gasteiger partial charge on any atom is -0.357 e. The van der Waals surface area contributed by atoms with Gasteiger partial charge in [0.1, 0.15) is 5.82 Å². The molecule has 0 bridgehead atoms. The largest absolute Gasteiger partial charge is 0.357 e. The van der Waals surface area contributed by atoms with E-state index in [2.05, 4.69) is 82.9 Å². The number of hydrogen-bond acceptors (Lipinski definition) is 4. The Bertz CT molecular complexity index is 673. The molecular formula is C20H31N5S. The summed E-state index contributed by atoms with van der Waals surface area (Å²) in [6.07, 6.45) is 1.93. The summed E-state index contributed by atoms with van der Waals surface area (Å²) < 4.78 is 0. The van der Waals surface area contributed by atoms with Crippen molar-refractivity contribution < 1.29 is 0 Å². The van der Waals surface area contributed by atoms with Crippen LogP contribution in [0.2, 0.25) is 0 Å². The number of anilines is 1. The summed E-state index contributed by atoms with van der Waals surface area (Å²) in [4.78, 5) is 12.5. The van der Waals surface area contributed by atoms with Gasteiger partial charge in [-0.1, -0.05) is 26.0 Å². The normalized spacial score (nSPS) is 12.1. The van der Waals surface area contributed by atoms with Crippen molar-refractivity contribution in [2.75, 3.05) is 31.6 Å². The molecule has 0 aliphatic rings. The van der Waals surface area contributed by atoms with Crippen molar-refractivity contribution in [1.29, 1.82) is 0 Å². The first-order valence-corrected chi connectivity index (χ1v) is 10.1. The van der Waals surface area contributed by atoms with Crippen molar-refractivity contribution in [2.45, 2.75) is 39.7 Å². The van der Waals surface area contributed by atoms with Gasteiger partial charge in [-0.05, 0) is 36.9 Å². The van der Waals surface area contributed by atoms with Crippen LogP contribution in [0.3, 0.4) is 0 Å². The zero-order valence-electron chi connectivity index (χ0n) is 16.5. The monoisotopic (exact) mass is 373 g/mol. The summed E-state index contributed by atoms with van der Waals surface area (Å²) in [6.45, 7) is 12.2. The lowest BCUT2D eigenvalue weighted by Gasteiger charge is -2.25. The van der Waals surface area contributed by atoms with Crippen molar-refractivity contribution in [2.24, 2.45) is 4.99 Å². The predicted octanol–water partition coefficient (Wildman–Crippen LogP) is 3.63. The summed E-state index contributed by atoms with van der Waals surface area (Å²) in [5, 5.41) is 8.93. The van der Waals surface area contributed by atoms with Gasteiger partial charge in [0.25, 0.3) is 0 Å². The minimum absolute atomic E-state index is 0.0682. The van der Waals surface area contributed by atoms with Crippen molar-refractivity contribution in [3.63, 3.8) is 0 Å². The average molecular weight is 374 g/mol. The maximum atomic E-state index is 4.57. The minimum atomic E-state index is 0.0682. The number of rotatable bonds is 8. The Morgan fingerprint density at radius 3 is 2.50 bits per heavy atom. The molecule has 0 saturated heterocycles. The molecule has 0 unspecified atom stereocenters. The van der Waals surface area contributed by atoms with Gasteiger partial charge in [0, 0.05) is 49.7 Å². The third-order valence-corrected chi connectivity index (χ3v) is 5.70. The lowest BCUT2D eigenvalue weighted by atomic mass is 9.91. The van der Waals surface area contributed by atoms with Crippen LogP contribution in [-0.4, -0.2) is 37.6 Å². The number of nitrogens with zero attached hydrogens (tertiary/aromatic N) is 3. The molecule has 2 aromatic heterocycles. The van der Waals surface area contributed by atoms with E-state index >= 15 is 0 Å². The molecule has 0 aliphatic heterocycles. The fourth-order valence-electron chi connectivity index (χ4n) is 2.72. The van der Waals surface area contributed by atoms with Gasteiger partial charge in [-0.25, -0.2) is 4.98 Å². The van der Waals surface area contributed by atoms with E-state index in [0.29, 0.717) is 6.54 Å². The number of guanidine groups is 1. The van der Waals surface area contributed by atoms with Crippen LogP contribution in [0, 0.1) is 0 Å². The molecule has 6 heteroatoms. The molecule has 0 amide bonds. The second-order valence-corrected chi connectivity index (χ2v) is 7.79. The third-order valence-electron chi connectivity index (χ3n) is 4.47. The molecule has 0 atom stereocenters. The highest BCUT2D eigenvalue weighted by Crippen LogP contribution is 2.26. The van der Waals surface area contributed by atoms with Crippen molar-refractivity contribution >= 4 is 23.1 Å². The number of hydrogen-bond donors (Lipinski definition) is 2. The van der Waals surface area contributed by atoms with Gasteiger partial charge >= 0.3 is 0 Å². The Kier molecular flexibility index (Phi) is 7.45. The Morgan fingerprint density at radius 1 is 1.19 bits per heavy atom. The number of pyridine rings is 1. The van der Waals surface area contributed by atoms with E-state index in [1.54, 1.807) is 18.4 Å². The van der Waals surface area contributed by atoms with Gasteiger partial charge in [0.05, 0.1) is 0 Å². The smallest absolute Gasteiger partial charge is 0.191 e. The van der Waals surface area contributed by atoms with Gasteiger partial charge < -0.3 is 15.5 Å². The molecule has 0 saturated carbocycles. The van der Waals surface area contributed by atoms with E-state index in [0.717, 1.165) is 37.0 Å². The average Bonchev–Trinajstić information content (AvgIpc) is 3.20. The molecule has 0 spiro atoms. The predicted molar refractivity (Wildman–Crippen MR) is 113 cm³/mol. The number of thiophene rings is 1. The van der Waals surface area contributed by atoms with Gasteiger partial charge in [-0.3, -0.25) is 4.99 Å². The van der Waals surface area contributed by atoms with E-state index in [9.17, 15) is 0 Å². The number of aliphatic imine (C=N–C) groups is 1. The lowest BCUT2D eigenvalue weighted by Crippen LogP contribution is -2.42. The summed E-state index contributed by atoms with van der Waals surface area (Å²) in [7, 11) is 1.80. The van der Waals surface area contributed by atoms with E-state index in [1.807, 2.05) is 6.20 Å². The van der Waals surface area contributed by atoms with Gasteiger partial charge in [-0.15, -0.1) is 11.3 Å². The molecule has 0 radical (unpaired) electrons. The Balaban J connectivity index is 1.87. The van der Waals surface area contributed by atoms with Crippen molar-refractivity contribution in [3.05, 3.63) is 46.3 Å². The van der Waals surface area contributed by atoms with Crippen LogP contribution in [-0.2, 0) is 12.0 Å². The molecule has 5 nitrogen and oxygen atoms in total. The Morgan fingerprint density at radius 2 is 1.96 bits per heavy atom. The molecule has 2 rings (SSSR count). The zero-order chi connectivity index (χ0) is 19.0. The summed E-state index contributed by atoms with van der Waals surface area (Å²) in [5.41, 5.74) is 1.21. The van der Waals surface area contributed by atoms with Crippen LogP contribution in [0.5, 0.6) is 0 Å². The second-order valence-electron chi connectivity index (χ2n) is 6.84.